The lowest BCUT2D eigenvalue weighted by molar-refractivity contribution is -0.00566. The van der Waals surface area contributed by atoms with Gasteiger partial charge >= 0.3 is 0 Å². The van der Waals surface area contributed by atoms with Crippen LogP contribution in [0.15, 0.2) is 33.9 Å². The van der Waals surface area contributed by atoms with Gasteiger partial charge in [0.2, 0.25) is 0 Å². The molecule has 0 fully saturated rings. The molecule has 1 aliphatic carbocycles. The van der Waals surface area contributed by atoms with Crippen LogP contribution in [0.25, 0.3) is 0 Å². The molecule has 0 amide bonds. The minimum atomic E-state index is -1.04. The van der Waals surface area contributed by atoms with Crippen molar-refractivity contribution in [1.29, 1.82) is 0 Å². The molecule has 2 bridgehead atoms. The highest BCUT2D eigenvalue weighted by Gasteiger charge is 2.55. The Bertz CT molecular complexity index is 437. The molecule has 0 N–H and O–H groups in total. The number of ether oxygens (including phenoxy) is 1. The van der Waals surface area contributed by atoms with Crippen LogP contribution in [0.1, 0.15) is 20.3 Å². The summed E-state index contributed by atoms with van der Waals surface area (Å²) >= 11 is 3.28. The molecule has 0 spiro atoms. The lowest BCUT2D eigenvalue weighted by Crippen LogP contribution is -2.29. The topological polar surface area (TPSA) is 9.23 Å². The maximum Gasteiger partial charge on any atom is 0.156 e. The van der Waals surface area contributed by atoms with Gasteiger partial charge in [0.15, 0.2) is 6.17 Å². The van der Waals surface area contributed by atoms with Crippen LogP contribution in [0.2, 0.25) is 0 Å². The van der Waals surface area contributed by atoms with E-state index in [-0.39, 0.29) is 5.60 Å². The van der Waals surface area contributed by atoms with E-state index < -0.39 is 11.8 Å². The number of fused-ring (bicyclic) bond motifs is 4. The van der Waals surface area contributed by atoms with Crippen molar-refractivity contribution in [3.63, 3.8) is 0 Å². The lowest BCUT2D eigenvalue weighted by Gasteiger charge is -2.27. The largest absolute Gasteiger partial charge is 0.352 e. The van der Waals surface area contributed by atoms with Crippen LogP contribution < -0.4 is 0 Å². The average Bonchev–Trinajstić information content (AvgIpc) is 2.59. The van der Waals surface area contributed by atoms with Crippen LogP contribution in [-0.4, -0.2) is 17.4 Å². The van der Waals surface area contributed by atoms with Gasteiger partial charge in [0.1, 0.15) is 11.2 Å². The molecule has 2 heterocycles. The Labute approximate surface area is 96.8 Å². The van der Waals surface area contributed by atoms with E-state index >= 15 is 0 Å². The Morgan fingerprint density at radius 3 is 2.80 bits per heavy atom. The third-order valence-corrected chi connectivity index (χ3v) is 4.33. The predicted molar refractivity (Wildman–Crippen MR) is 60.6 cm³/mol. The monoisotopic (exact) mass is 270 g/mol. The molecular formula is C12H12BrFO. The molecule has 3 atom stereocenters. The molecule has 15 heavy (non-hydrogen) atoms. The molecule has 3 unspecified atom stereocenters. The minimum absolute atomic E-state index is 0.376. The Balaban J connectivity index is 2.16. The average molecular weight is 271 g/mol. The number of hydrogen-bond acceptors (Lipinski definition) is 1. The summed E-state index contributed by atoms with van der Waals surface area (Å²) in [7, 11) is 0. The zero-order valence-electron chi connectivity index (χ0n) is 8.68. The van der Waals surface area contributed by atoms with Gasteiger partial charge in [-0.1, -0.05) is 22.0 Å². The van der Waals surface area contributed by atoms with Gasteiger partial charge in [0, 0.05) is 10.1 Å². The van der Waals surface area contributed by atoms with E-state index in [1.807, 2.05) is 32.1 Å². The van der Waals surface area contributed by atoms with Gasteiger partial charge in [-0.25, -0.2) is 4.39 Å². The van der Waals surface area contributed by atoms with Crippen molar-refractivity contribution < 1.29 is 9.13 Å². The molecule has 1 nitrogen and oxygen atoms in total. The van der Waals surface area contributed by atoms with Gasteiger partial charge in [-0.2, -0.15) is 0 Å². The normalized spacial score (nSPS) is 47.2. The highest BCUT2D eigenvalue weighted by molar-refractivity contribution is 9.11. The zero-order chi connectivity index (χ0) is 10.8. The second-order valence-corrected chi connectivity index (χ2v) is 5.61. The van der Waals surface area contributed by atoms with Crippen LogP contribution >= 0.6 is 15.9 Å². The molecule has 0 aromatic rings. The fourth-order valence-corrected chi connectivity index (χ4v) is 3.25. The van der Waals surface area contributed by atoms with Crippen molar-refractivity contribution in [3.8, 4) is 0 Å². The maximum absolute atomic E-state index is 14.1. The summed E-state index contributed by atoms with van der Waals surface area (Å²) < 4.78 is 20.7. The summed E-state index contributed by atoms with van der Waals surface area (Å²) in [6.45, 7) is 3.95. The van der Waals surface area contributed by atoms with Crippen molar-refractivity contribution in [3.05, 3.63) is 33.9 Å². The van der Waals surface area contributed by atoms with Crippen molar-refractivity contribution in [2.75, 3.05) is 0 Å². The van der Waals surface area contributed by atoms with Gasteiger partial charge in [-0.05, 0) is 38.0 Å². The Morgan fingerprint density at radius 2 is 2.07 bits per heavy atom. The highest BCUT2D eigenvalue weighted by atomic mass is 79.9. The quantitative estimate of drug-likeness (QED) is 0.613. The van der Waals surface area contributed by atoms with E-state index in [4.69, 9.17) is 4.74 Å². The first-order chi connectivity index (χ1) is 6.96. The maximum atomic E-state index is 14.1. The van der Waals surface area contributed by atoms with Crippen molar-refractivity contribution in [2.24, 2.45) is 0 Å². The van der Waals surface area contributed by atoms with Crippen molar-refractivity contribution in [2.45, 2.75) is 37.6 Å². The standard InChI is InChI=1S/C12H12BrFO/c1-11-5-6-12(2,15-11)9-7(11)3-4-8(13)10(9)14/h4-6,10H,3H2,1-2H3. The SMILES string of the molecule is CC12C=CC(C)(O1)C1=C2CC=C(Br)C1F. The van der Waals surface area contributed by atoms with E-state index in [1.165, 1.54) is 0 Å². The Kier molecular flexibility index (Phi) is 1.72. The summed E-state index contributed by atoms with van der Waals surface area (Å²) in [6.07, 6.45) is 5.67. The first-order valence-electron chi connectivity index (χ1n) is 5.10. The minimum Gasteiger partial charge on any atom is -0.352 e. The van der Waals surface area contributed by atoms with Crippen LogP contribution in [0, 0.1) is 0 Å². The molecule has 0 aromatic heterocycles. The van der Waals surface area contributed by atoms with Crippen LogP contribution in [0.4, 0.5) is 4.39 Å². The Hall–Kier alpha value is -0.410. The van der Waals surface area contributed by atoms with E-state index in [1.54, 1.807) is 0 Å². The molecule has 0 saturated carbocycles. The summed E-state index contributed by atoms with van der Waals surface area (Å²) in [4.78, 5) is 0. The molecule has 0 aromatic carbocycles. The van der Waals surface area contributed by atoms with Gasteiger partial charge in [0.05, 0.1) is 0 Å². The molecule has 3 rings (SSSR count). The first kappa shape index (κ1) is 9.79. The molecular weight excluding hydrogens is 259 g/mol. The number of alkyl halides is 1. The van der Waals surface area contributed by atoms with Gasteiger partial charge < -0.3 is 4.74 Å². The first-order valence-corrected chi connectivity index (χ1v) is 5.90. The second kappa shape index (κ2) is 2.64. The molecule has 3 heteroatoms. The molecule has 0 saturated heterocycles. The van der Waals surface area contributed by atoms with E-state index in [9.17, 15) is 4.39 Å². The summed E-state index contributed by atoms with van der Waals surface area (Å²) in [5.41, 5.74) is 1.00. The van der Waals surface area contributed by atoms with Crippen molar-refractivity contribution >= 4 is 15.9 Å². The molecule has 3 aliphatic rings. The number of hydrogen-bond donors (Lipinski definition) is 0. The van der Waals surface area contributed by atoms with Crippen LogP contribution in [0.5, 0.6) is 0 Å². The lowest BCUT2D eigenvalue weighted by atomic mass is 9.77. The van der Waals surface area contributed by atoms with Gasteiger partial charge in [-0.15, -0.1) is 0 Å². The second-order valence-electron chi connectivity index (χ2n) is 4.70. The van der Waals surface area contributed by atoms with E-state index in [2.05, 4.69) is 15.9 Å². The molecule has 0 radical (unpaired) electrons. The van der Waals surface area contributed by atoms with Gasteiger partial charge in [-0.3, -0.25) is 0 Å². The summed E-state index contributed by atoms with van der Waals surface area (Å²) in [6, 6.07) is 0. The highest BCUT2D eigenvalue weighted by Crippen LogP contribution is 2.55. The molecule has 2 aliphatic heterocycles. The zero-order valence-corrected chi connectivity index (χ0v) is 10.3. The summed E-state index contributed by atoms with van der Waals surface area (Å²) in [5, 5.41) is 0. The third-order valence-electron chi connectivity index (χ3n) is 3.60. The fourth-order valence-electron chi connectivity index (χ4n) is 2.86. The van der Waals surface area contributed by atoms with Gasteiger partial charge in [0.25, 0.3) is 0 Å². The summed E-state index contributed by atoms with van der Waals surface area (Å²) in [5.74, 6) is 0. The molecule has 80 valence electrons. The smallest absolute Gasteiger partial charge is 0.156 e. The number of allylic oxidation sites excluding steroid dienone is 2. The number of rotatable bonds is 0. The van der Waals surface area contributed by atoms with Crippen LogP contribution in [0.3, 0.4) is 0 Å². The number of halogens is 2. The van der Waals surface area contributed by atoms with Crippen LogP contribution in [-0.2, 0) is 4.74 Å². The van der Waals surface area contributed by atoms with Crippen molar-refractivity contribution in [1.82, 2.24) is 0 Å². The third kappa shape index (κ3) is 1.06. The fraction of sp³-hybridized carbons (Fsp3) is 0.500. The Morgan fingerprint density at radius 1 is 1.40 bits per heavy atom. The van der Waals surface area contributed by atoms with E-state index in [0.29, 0.717) is 4.48 Å². The predicted octanol–water partition coefficient (Wildman–Crippen LogP) is 3.42. The van der Waals surface area contributed by atoms with E-state index in [0.717, 1.165) is 17.6 Å².